The monoisotopic (exact) mass is 355 g/mol. The van der Waals surface area contributed by atoms with Crippen molar-refractivity contribution in [3.8, 4) is 0 Å². The quantitative estimate of drug-likeness (QED) is 0.862. The van der Waals surface area contributed by atoms with Gasteiger partial charge in [0, 0.05) is 31.1 Å². The average molecular weight is 356 g/mol. The molecule has 1 aromatic heterocycles. The third-order valence-electron chi connectivity index (χ3n) is 3.53. The standard InChI is InChI=1S/C13H21N3O2S.2ClH/c1-9-10(2)19-11(16-9)3-6-15-12(17)13(14)4-7-18-8-5-13;;/h3-8,14H2,1-2H3,(H,15,17);2*1H. The lowest BCUT2D eigenvalue weighted by molar-refractivity contribution is -0.129. The van der Waals surface area contributed by atoms with Crippen molar-refractivity contribution in [3.05, 3.63) is 15.6 Å². The summed E-state index contributed by atoms with van der Waals surface area (Å²) >= 11 is 1.69. The van der Waals surface area contributed by atoms with Crippen LogP contribution < -0.4 is 11.1 Å². The Kier molecular flexibility index (Phi) is 8.73. The lowest BCUT2D eigenvalue weighted by Gasteiger charge is -2.31. The van der Waals surface area contributed by atoms with Gasteiger partial charge in [0.25, 0.3) is 0 Å². The fourth-order valence-corrected chi connectivity index (χ4v) is 3.00. The van der Waals surface area contributed by atoms with Crippen LogP contribution in [0.4, 0.5) is 0 Å². The van der Waals surface area contributed by atoms with Crippen molar-refractivity contribution in [3.63, 3.8) is 0 Å². The number of nitrogens with zero attached hydrogens (tertiary/aromatic N) is 1. The second-order valence-electron chi connectivity index (χ2n) is 5.02. The average Bonchev–Trinajstić information content (AvgIpc) is 2.69. The number of hydrogen-bond donors (Lipinski definition) is 2. The van der Waals surface area contributed by atoms with Crippen molar-refractivity contribution in [2.24, 2.45) is 5.73 Å². The van der Waals surface area contributed by atoms with E-state index in [9.17, 15) is 4.79 Å². The van der Waals surface area contributed by atoms with E-state index >= 15 is 0 Å². The van der Waals surface area contributed by atoms with E-state index in [1.165, 1.54) is 4.88 Å². The van der Waals surface area contributed by atoms with Crippen molar-refractivity contribution < 1.29 is 9.53 Å². The molecule has 0 radical (unpaired) electrons. The number of ether oxygens (including phenoxy) is 1. The van der Waals surface area contributed by atoms with Gasteiger partial charge in [-0.3, -0.25) is 4.79 Å². The Morgan fingerprint density at radius 1 is 1.38 bits per heavy atom. The fraction of sp³-hybridized carbons (Fsp3) is 0.692. The summed E-state index contributed by atoms with van der Waals surface area (Å²) in [6.07, 6.45) is 1.94. The van der Waals surface area contributed by atoms with Crippen LogP contribution in [-0.4, -0.2) is 36.2 Å². The Balaban J connectivity index is 0.00000200. The minimum absolute atomic E-state index is 0. The number of aromatic nitrogens is 1. The van der Waals surface area contributed by atoms with Gasteiger partial charge in [0.2, 0.25) is 5.91 Å². The molecule has 0 saturated carbocycles. The molecule has 1 aliphatic rings. The van der Waals surface area contributed by atoms with Crippen molar-refractivity contribution in [2.75, 3.05) is 19.8 Å². The Bertz CT molecular complexity index is 443. The molecule has 0 aliphatic carbocycles. The first kappa shape index (κ1) is 20.6. The third kappa shape index (κ3) is 5.38. The normalized spacial score (nSPS) is 16.5. The minimum atomic E-state index is -0.757. The van der Waals surface area contributed by atoms with E-state index in [0.29, 0.717) is 32.6 Å². The van der Waals surface area contributed by atoms with Crippen LogP contribution >= 0.6 is 36.2 Å². The van der Waals surface area contributed by atoms with E-state index in [1.807, 2.05) is 6.92 Å². The van der Waals surface area contributed by atoms with Gasteiger partial charge in [-0.05, 0) is 26.7 Å². The second kappa shape index (κ2) is 8.90. The van der Waals surface area contributed by atoms with Crippen LogP contribution in [0.25, 0.3) is 0 Å². The Hall–Kier alpha value is -0.400. The molecule has 8 heteroatoms. The predicted octanol–water partition coefficient (Wildman–Crippen LogP) is 1.77. The number of carbonyl (C=O) groups is 1. The van der Waals surface area contributed by atoms with E-state index < -0.39 is 5.54 Å². The van der Waals surface area contributed by atoms with Gasteiger partial charge >= 0.3 is 0 Å². The fourth-order valence-electron chi connectivity index (χ4n) is 2.07. The Labute approximate surface area is 141 Å². The van der Waals surface area contributed by atoms with Crippen LogP contribution in [-0.2, 0) is 16.0 Å². The summed E-state index contributed by atoms with van der Waals surface area (Å²) in [5.41, 5.74) is 6.42. The molecule has 0 aromatic carbocycles. The molecule has 21 heavy (non-hydrogen) atoms. The largest absolute Gasteiger partial charge is 0.381 e. The van der Waals surface area contributed by atoms with Crippen LogP contribution in [0.3, 0.4) is 0 Å². The van der Waals surface area contributed by atoms with Crippen LogP contribution in [0.15, 0.2) is 0 Å². The molecule has 1 fully saturated rings. The van der Waals surface area contributed by atoms with Crippen LogP contribution in [0.5, 0.6) is 0 Å². The maximum absolute atomic E-state index is 12.1. The molecule has 5 nitrogen and oxygen atoms in total. The van der Waals surface area contributed by atoms with Crippen molar-refractivity contribution in [2.45, 2.75) is 38.6 Å². The highest BCUT2D eigenvalue weighted by atomic mass is 35.5. The first-order chi connectivity index (χ1) is 9.01. The zero-order chi connectivity index (χ0) is 13.9. The highest BCUT2D eigenvalue weighted by molar-refractivity contribution is 7.11. The molecular weight excluding hydrogens is 333 g/mol. The predicted molar refractivity (Wildman–Crippen MR) is 89.8 cm³/mol. The van der Waals surface area contributed by atoms with Crippen LogP contribution in [0.1, 0.15) is 28.4 Å². The highest BCUT2D eigenvalue weighted by Crippen LogP contribution is 2.18. The minimum Gasteiger partial charge on any atom is -0.381 e. The Morgan fingerprint density at radius 3 is 2.52 bits per heavy atom. The molecule has 2 heterocycles. The Morgan fingerprint density at radius 2 is 2.00 bits per heavy atom. The lowest BCUT2D eigenvalue weighted by atomic mass is 9.90. The number of nitrogens with one attached hydrogen (secondary N) is 1. The molecule has 122 valence electrons. The molecular formula is C13H23Cl2N3O2S. The highest BCUT2D eigenvalue weighted by Gasteiger charge is 2.35. The zero-order valence-corrected chi connectivity index (χ0v) is 14.8. The summed E-state index contributed by atoms with van der Waals surface area (Å²) in [6.45, 7) is 5.78. The third-order valence-corrected chi connectivity index (χ3v) is 4.67. The van der Waals surface area contributed by atoms with Gasteiger partial charge in [-0.2, -0.15) is 0 Å². The zero-order valence-electron chi connectivity index (χ0n) is 12.3. The summed E-state index contributed by atoms with van der Waals surface area (Å²) in [5, 5.41) is 3.98. The number of hydrogen-bond acceptors (Lipinski definition) is 5. The van der Waals surface area contributed by atoms with Crippen molar-refractivity contribution >= 4 is 42.1 Å². The first-order valence-corrected chi connectivity index (χ1v) is 7.41. The molecule has 0 spiro atoms. The topological polar surface area (TPSA) is 77.2 Å². The van der Waals surface area contributed by atoms with Gasteiger partial charge in [0.15, 0.2) is 0 Å². The molecule has 0 unspecified atom stereocenters. The molecule has 1 aliphatic heterocycles. The van der Waals surface area contributed by atoms with Gasteiger partial charge in [0.05, 0.1) is 16.2 Å². The number of nitrogens with two attached hydrogens (primary N) is 1. The first-order valence-electron chi connectivity index (χ1n) is 6.59. The maximum Gasteiger partial charge on any atom is 0.240 e. The van der Waals surface area contributed by atoms with Crippen LogP contribution in [0.2, 0.25) is 0 Å². The van der Waals surface area contributed by atoms with E-state index in [4.69, 9.17) is 10.5 Å². The molecule has 1 aromatic rings. The number of thiazole rings is 1. The van der Waals surface area contributed by atoms with Crippen molar-refractivity contribution in [1.29, 1.82) is 0 Å². The second-order valence-corrected chi connectivity index (χ2v) is 6.31. The van der Waals surface area contributed by atoms with E-state index in [-0.39, 0.29) is 30.7 Å². The van der Waals surface area contributed by atoms with Gasteiger partial charge in [-0.1, -0.05) is 0 Å². The number of carbonyl (C=O) groups excluding carboxylic acids is 1. The van der Waals surface area contributed by atoms with E-state index in [2.05, 4.69) is 17.2 Å². The summed E-state index contributed by atoms with van der Waals surface area (Å²) in [4.78, 5) is 17.8. The summed E-state index contributed by atoms with van der Waals surface area (Å²) in [5.74, 6) is -0.0687. The number of aryl methyl sites for hydroxylation is 2. The van der Waals surface area contributed by atoms with Crippen molar-refractivity contribution in [1.82, 2.24) is 10.3 Å². The molecule has 1 amide bonds. The maximum atomic E-state index is 12.1. The molecule has 3 N–H and O–H groups in total. The lowest BCUT2D eigenvalue weighted by Crippen LogP contribution is -2.57. The summed E-state index contributed by atoms with van der Waals surface area (Å²) in [7, 11) is 0. The number of amides is 1. The number of rotatable bonds is 4. The number of halogens is 2. The van der Waals surface area contributed by atoms with Gasteiger partial charge in [0.1, 0.15) is 0 Å². The summed E-state index contributed by atoms with van der Waals surface area (Å²) in [6, 6.07) is 0. The van der Waals surface area contributed by atoms with Gasteiger partial charge in [-0.25, -0.2) is 4.98 Å². The SMILES string of the molecule is Cc1nc(CCNC(=O)C2(N)CCOCC2)sc1C.Cl.Cl. The van der Waals surface area contributed by atoms with E-state index in [1.54, 1.807) is 11.3 Å². The molecule has 0 atom stereocenters. The smallest absolute Gasteiger partial charge is 0.240 e. The molecule has 1 saturated heterocycles. The van der Waals surface area contributed by atoms with Crippen LogP contribution in [0, 0.1) is 13.8 Å². The van der Waals surface area contributed by atoms with Gasteiger partial charge < -0.3 is 15.8 Å². The molecule has 2 rings (SSSR count). The summed E-state index contributed by atoms with van der Waals surface area (Å²) < 4.78 is 5.24. The molecule has 0 bridgehead atoms. The van der Waals surface area contributed by atoms with Gasteiger partial charge in [-0.15, -0.1) is 36.2 Å². The van der Waals surface area contributed by atoms with E-state index in [0.717, 1.165) is 17.1 Å².